The molecule has 0 saturated carbocycles. The van der Waals surface area contributed by atoms with E-state index in [1.807, 2.05) is 24.3 Å². The van der Waals surface area contributed by atoms with Crippen molar-refractivity contribution in [2.75, 3.05) is 20.3 Å². The van der Waals surface area contributed by atoms with Gasteiger partial charge in [0.25, 0.3) is 0 Å². The van der Waals surface area contributed by atoms with E-state index in [4.69, 9.17) is 9.47 Å². The molecule has 4 heteroatoms. The van der Waals surface area contributed by atoms with Gasteiger partial charge in [0.2, 0.25) is 5.91 Å². The van der Waals surface area contributed by atoms with Gasteiger partial charge in [-0.25, -0.2) is 0 Å². The highest BCUT2D eigenvalue weighted by atomic mass is 16.5. The van der Waals surface area contributed by atoms with Gasteiger partial charge in [0.1, 0.15) is 18.1 Å². The van der Waals surface area contributed by atoms with Crippen molar-refractivity contribution >= 4 is 5.91 Å². The fourth-order valence-electron chi connectivity index (χ4n) is 2.57. The van der Waals surface area contributed by atoms with Crippen LogP contribution in [0.3, 0.4) is 0 Å². The quantitative estimate of drug-likeness (QED) is 0.725. The third-order valence-electron chi connectivity index (χ3n) is 4.19. The Labute approximate surface area is 156 Å². The molecule has 0 atom stereocenters. The molecule has 1 amide bonds. The number of methoxy groups -OCH3 is 1. The molecule has 1 N–H and O–H groups in total. The second-order valence-electron chi connectivity index (χ2n) is 7.32. The number of benzene rings is 2. The molecule has 140 valence electrons. The Morgan fingerprint density at radius 2 is 1.73 bits per heavy atom. The van der Waals surface area contributed by atoms with Crippen molar-refractivity contribution in [1.82, 2.24) is 5.32 Å². The second kappa shape index (κ2) is 9.27. The minimum absolute atomic E-state index is 0.0409. The Kier molecular flexibility index (Phi) is 7.07. The van der Waals surface area contributed by atoms with Gasteiger partial charge in [0.15, 0.2) is 0 Å². The molecule has 0 unspecified atom stereocenters. The largest absolute Gasteiger partial charge is 0.497 e. The summed E-state index contributed by atoms with van der Waals surface area (Å²) in [7, 11) is 1.62. The molecule has 0 heterocycles. The van der Waals surface area contributed by atoms with E-state index >= 15 is 0 Å². The van der Waals surface area contributed by atoms with Crippen LogP contribution in [0.25, 0.3) is 0 Å². The Bertz CT molecular complexity index is 702. The van der Waals surface area contributed by atoms with E-state index in [2.05, 4.69) is 50.4 Å². The van der Waals surface area contributed by atoms with E-state index in [1.54, 1.807) is 7.11 Å². The maximum absolute atomic E-state index is 12.0. The summed E-state index contributed by atoms with van der Waals surface area (Å²) in [5, 5.41) is 2.89. The summed E-state index contributed by atoms with van der Waals surface area (Å²) in [6, 6.07) is 15.9. The van der Waals surface area contributed by atoms with Gasteiger partial charge in [-0.3, -0.25) is 4.79 Å². The van der Waals surface area contributed by atoms with Crippen LogP contribution in [0.2, 0.25) is 0 Å². The molecule has 0 saturated heterocycles. The van der Waals surface area contributed by atoms with Crippen LogP contribution < -0.4 is 14.8 Å². The summed E-state index contributed by atoms with van der Waals surface area (Å²) in [5.74, 6) is 1.53. The molecule has 0 spiro atoms. The second-order valence-corrected chi connectivity index (χ2v) is 7.32. The lowest BCUT2D eigenvalue weighted by Crippen LogP contribution is -2.28. The zero-order valence-corrected chi connectivity index (χ0v) is 16.2. The Balaban J connectivity index is 1.67. The number of ether oxygens (including phenoxy) is 2. The molecular weight excluding hydrogens is 326 g/mol. The van der Waals surface area contributed by atoms with E-state index < -0.39 is 0 Å². The van der Waals surface area contributed by atoms with E-state index in [0.29, 0.717) is 19.6 Å². The molecule has 0 fully saturated rings. The number of hydrogen-bond donors (Lipinski definition) is 1. The van der Waals surface area contributed by atoms with E-state index in [0.717, 1.165) is 17.9 Å². The lowest BCUT2D eigenvalue weighted by Gasteiger charge is -2.19. The van der Waals surface area contributed by atoms with Gasteiger partial charge in [-0.2, -0.15) is 0 Å². The zero-order chi connectivity index (χ0) is 19.0. The molecule has 2 aromatic carbocycles. The highest BCUT2D eigenvalue weighted by Crippen LogP contribution is 2.22. The highest BCUT2D eigenvalue weighted by Gasteiger charge is 2.12. The Hall–Kier alpha value is -2.49. The average Bonchev–Trinajstić information content (AvgIpc) is 2.63. The van der Waals surface area contributed by atoms with Crippen molar-refractivity contribution in [2.45, 2.75) is 39.0 Å². The van der Waals surface area contributed by atoms with Crippen LogP contribution in [0.1, 0.15) is 38.3 Å². The van der Waals surface area contributed by atoms with Gasteiger partial charge < -0.3 is 14.8 Å². The summed E-state index contributed by atoms with van der Waals surface area (Å²) in [6.07, 6.45) is 1.22. The first-order valence-electron chi connectivity index (χ1n) is 9.01. The first kappa shape index (κ1) is 19.8. The average molecular weight is 355 g/mol. The third-order valence-corrected chi connectivity index (χ3v) is 4.19. The summed E-state index contributed by atoms with van der Waals surface area (Å²) >= 11 is 0. The molecule has 4 nitrogen and oxygen atoms in total. The van der Waals surface area contributed by atoms with Gasteiger partial charge in [-0.15, -0.1) is 0 Å². The number of hydrogen-bond acceptors (Lipinski definition) is 3. The van der Waals surface area contributed by atoms with Crippen LogP contribution in [0.4, 0.5) is 0 Å². The van der Waals surface area contributed by atoms with Gasteiger partial charge in [0, 0.05) is 12.5 Å². The maximum atomic E-state index is 12.0. The normalized spacial score (nSPS) is 11.1. The maximum Gasteiger partial charge on any atom is 0.220 e. The first-order chi connectivity index (χ1) is 12.4. The minimum atomic E-state index is 0.0409. The van der Waals surface area contributed by atoms with Gasteiger partial charge >= 0.3 is 0 Å². The fourth-order valence-corrected chi connectivity index (χ4v) is 2.57. The zero-order valence-electron chi connectivity index (χ0n) is 16.2. The fraction of sp³-hybridized carbons (Fsp3) is 0.409. The van der Waals surface area contributed by atoms with Gasteiger partial charge in [-0.1, -0.05) is 51.1 Å². The Morgan fingerprint density at radius 3 is 2.38 bits per heavy atom. The van der Waals surface area contributed by atoms with E-state index in [9.17, 15) is 4.79 Å². The van der Waals surface area contributed by atoms with Crippen LogP contribution in [-0.2, 0) is 16.6 Å². The van der Waals surface area contributed by atoms with E-state index in [-0.39, 0.29) is 11.3 Å². The monoisotopic (exact) mass is 355 g/mol. The van der Waals surface area contributed by atoms with Crippen LogP contribution in [0, 0.1) is 0 Å². The van der Waals surface area contributed by atoms with Gasteiger partial charge in [0.05, 0.1) is 13.7 Å². The first-order valence-corrected chi connectivity index (χ1v) is 9.01. The third kappa shape index (κ3) is 6.43. The van der Waals surface area contributed by atoms with Crippen molar-refractivity contribution in [2.24, 2.45) is 0 Å². The van der Waals surface area contributed by atoms with E-state index in [1.165, 1.54) is 11.1 Å². The predicted molar refractivity (Wildman–Crippen MR) is 105 cm³/mol. The van der Waals surface area contributed by atoms with Crippen molar-refractivity contribution in [1.29, 1.82) is 0 Å². The predicted octanol–water partition coefficient (Wildman–Crippen LogP) is 4.12. The molecule has 2 aromatic rings. The summed E-state index contributed by atoms with van der Waals surface area (Å²) in [4.78, 5) is 12.0. The lowest BCUT2D eigenvalue weighted by molar-refractivity contribution is -0.121. The molecule has 0 aliphatic rings. The van der Waals surface area contributed by atoms with Crippen LogP contribution in [0.5, 0.6) is 11.5 Å². The van der Waals surface area contributed by atoms with Crippen molar-refractivity contribution in [3.8, 4) is 11.5 Å². The van der Waals surface area contributed by atoms with Gasteiger partial charge in [-0.05, 0) is 35.1 Å². The lowest BCUT2D eigenvalue weighted by atomic mass is 9.86. The number of carbonyl (C=O) groups excluding carboxylic acids is 1. The number of rotatable bonds is 8. The summed E-state index contributed by atoms with van der Waals surface area (Å²) < 4.78 is 10.8. The number of amides is 1. The SMILES string of the molecule is COc1cccc(OCCNC(=O)CCc2ccc(C(C)(C)C)cc2)c1. The molecule has 0 aliphatic carbocycles. The molecule has 0 radical (unpaired) electrons. The summed E-state index contributed by atoms with van der Waals surface area (Å²) in [5.41, 5.74) is 2.64. The molecule has 26 heavy (non-hydrogen) atoms. The van der Waals surface area contributed by atoms with Crippen LogP contribution >= 0.6 is 0 Å². The van der Waals surface area contributed by atoms with Crippen LogP contribution in [0.15, 0.2) is 48.5 Å². The number of aryl methyl sites for hydroxylation is 1. The highest BCUT2D eigenvalue weighted by molar-refractivity contribution is 5.76. The molecule has 0 bridgehead atoms. The topological polar surface area (TPSA) is 47.6 Å². The minimum Gasteiger partial charge on any atom is -0.497 e. The standard InChI is InChI=1S/C22H29NO3/c1-22(2,3)18-11-8-17(9-12-18)10-13-21(24)23-14-15-26-20-7-5-6-19(16-20)25-4/h5-9,11-12,16H,10,13-15H2,1-4H3,(H,23,24). The molecule has 0 aromatic heterocycles. The number of nitrogens with one attached hydrogen (secondary N) is 1. The summed E-state index contributed by atoms with van der Waals surface area (Å²) in [6.45, 7) is 7.51. The number of carbonyl (C=O) groups is 1. The molecular formula is C22H29NO3. The van der Waals surface area contributed by atoms with Crippen molar-refractivity contribution in [3.63, 3.8) is 0 Å². The molecule has 2 rings (SSSR count). The van der Waals surface area contributed by atoms with Crippen molar-refractivity contribution < 1.29 is 14.3 Å². The smallest absolute Gasteiger partial charge is 0.220 e. The van der Waals surface area contributed by atoms with Crippen molar-refractivity contribution in [3.05, 3.63) is 59.7 Å². The molecule has 0 aliphatic heterocycles. The van der Waals surface area contributed by atoms with Crippen LogP contribution in [-0.4, -0.2) is 26.2 Å². The Morgan fingerprint density at radius 1 is 1.04 bits per heavy atom.